The maximum Gasteiger partial charge on any atom is 0.308 e. The Kier molecular flexibility index (Phi) is 5.57. The van der Waals surface area contributed by atoms with Crippen molar-refractivity contribution in [1.82, 2.24) is 0 Å². The molecule has 0 saturated heterocycles. The molecule has 0 fully saturated rings. The minimum Gasteiger partial charge on any atom is -0.466 e. The molecule has 6 heteroatoms. The van der Waals surface area contributed by atoms with Gasteiger partial charge >= 0.3 is 5.97 Å². The normalized spacial score (nSPS) is 14.4. The fourth-order valence-corrected chi connectivity index (χ4v) is 2.25. The molecule has 0 aliphatic heterocycles. The van der Waals surface area contributed by atoms with Crippen molar-refractivity contribution in [2.75, 3.05) is 6.61 Å². The number of carbonyl (C=O) groups is 1. The van der Waals surface area contributed by atoms with Crippen LogP contribution in [0.15, 0.2) is 12.1 Å². The fraction of sp³-hybridized carbons (Fsp3) is 0.545. The van der Waals surface area contributed by atoms with Crippen LogP contribution in [-0.2, 0) is 16.1 Å². The smallest absolute Gasteiger partial charge is 0.308 e. The quantitative estimate of drug-likeness (QED) is 0.652. The van der Waals surface area contributed by atoms with Gasteiger partial charge in [-0.2, -0.15) is 0 Å². The number of carbonyl (C=O) groups excluding carboxylic acids is 1. The Morgan fingerprint density at radius 3 is 2.71 bits per heavy atom. The molecule has 2 unspecified atom stereocenters. The van der Waals surface area contributed by atoms with Crippen LogP contribution in [0.2, 0.25) is 0 Å². The summed E-state index contributed by atoms with van der Waals surface area (Å²) in [5.74, 6) is -0.544. The van der Waals surface area contributed by atoms with Gasteiger partial charge in [0, 0.05) is 9.75 Å². The highest BCUT2D eigenvalue weighted by atomic mass is 32.1. The van der Waals surface area contributed by atoms with Crippen molar-refractivity contribution in [3.63, 3.8) is 0 Å². The molecule has 0 amide bonds. The van der Waals surface area contributed by atoms with Crippen molar-refractivity contribution in [3.8, 4) is 0 Å². The van der Waals surface area contributed by atoms with E-state index in [1.807, 2.05) is 0 Å². The molecule has 0 bridgehead atoms. The van der Waals surface area contributed by atoms with Crippen LogP contribution >= 0.6 is 11.3 Å². The second-order valence-corrected chi connectivity index (χ2v) is 4.68. The molecular weight excluding hydrogens is 244 g/mol. The Bertz CT molecular complexity index is 362. The van der Waals surface area contributed by atoms with Crippen molar-refractivity contribution in [1.29, 1.82) is 0 Å². The SMILES string of the molecule is CCOC(=O)CC(O)C(O)c1ccc(CO)s1. The number of aliphatic hydroxyl groups excluding tert-OH is 3. The van der Waals surface area contributed by atoms with Crippen molar-refractivity contribution in [2.24, 2.45) is 0 Å². The second-order valence-electron chi connectivity index (χ2n) is 3.48. The topological polar surface area (TPSA) is 87.0 Å². The number of hydrogen-bond donors (Lipinski definition) is 3. The van der Waals surface area contributed by atoms with E-state index in [0.717, 1.165) is 0 Å². The third-order valence-corrected chi connectivity index (χ3v) is 3.32. The molecule has 0 saturated carbocycles. The van der Waals surface area contributed by atoms with Crippen molar-refractivity contribution >= 4 is 17.3 Å². The molecule has 96 valence electrons. The number of aliphatic hydroxyl groups is 3. The van der Waals surface area contributed by atoms with E-state index in [2.05, 4.69) is 4.74 Å². The Balaban J connectivity index is 2.56. The van der Waals surface area contributed by atoms with E-state index in [-0.39, 0.29) is 19.6 Å². The molecule has 0 radical (unpaired) electrons. The highest BCUT2D eigenvalue weighted by Gasteiger charge is 2.23. The summed E-state index contributed by atoms with van der Waals surface area (Å²) in [5, 5.41) is 28.3. The maximum atomic E-state index is 11.1. The third kappa shape index (κ3) is 4.08. The Labute approximate surface area is 103 Å². The monoisotopic (exact) mass is 260 g/mol. The lowest BCUT2D eigenvalue weighted by molar-refractivity contribution is -0.147. The summed E-state index contributed by atoms with van der Waals surface area (Å²) in [4.78, 5) is 12.3. The van der Waals surface area contributed by atoms with Crippen LogP contribution in [-0.4, -0.2) is 34.0 Å². The van der Waals surface area contributed by atoms with Gasteiger partial charge in [0.25, 0.3) is 0 Å². The van der Waals surface area contributed by atoms with Gasteiger partial charge in [0.1, 0.15) is 6.10 Å². The molecule has 0 aromatic carbocycles. The van der Waals surface area contributed by atoms with Gasteiger partial charge in [0.05, 0.1) is 25.7 Å². The summed E-state index contributed by atoms with van der Waals surface area (Å²) >= 11 is 1.20. The molecule has 0 spiro atoms. The Morgan fingerprint density at radius 1 is 1.47 bits per heavy atom. The van der Waals surface area contributed by atoms with Crippen LogP contribution in [0, 0.1) is 0 Å². The molecule has 1 aromatic heterocycles. The molecular formula is C11H16O5S. The molecule has 2 atom stereocenters. The molecule has 0 aliphatic carbocycles. The zero-order valence-electron chi connectivity index (χ0n) is 9.50. The Hall–Kier alpha value is -0.950. The van der Waals surface area contributed by atoms with Crippen LogP contribution < -0.4 is 0 Å². The first-order valence-electron chi connectivity index (χ1n) is 5.29. The van der Waals surface area contributed by atoms with Gasteiger partial charge in [-0.15, -0.1) is 11.3 Å². The van der Waals surface area contributed by atoms with E-state index < -0.39 is 18.2 Å². The second kappa shape index (κ2) is 6.70. The predicted molar refractivity (Wildman–Crippen MR) is 62.5 cm³/mol. The van der Waals surface area contributed by atoms with Gasteiger partial charge in [0.15, 0.2) is 0 Å². The number of thiophene rings is 1. The lowest BCUT2D eigenvalue weighted by Gasteiger charge is -2.15. The molecule has 5 nitrogen and oxygen atoms in total. The largest absolute Gasteiger partial charge is 0.466 e. The van der Waals surface area contributed by atoms with Gasteiger partial charge < -0.3 is 20.1 Å². The van der Waals surface area contributed by atoms with E-state index >= 15 is 0 Å². The zero-order valence-corrected chi connectivity index (χ0v) is 10.3. The molecule has 3 N–H and O–H groups in total. The number of ether oxygens (including phenoxy) is 1. The van der Waals surface area contributed by atoms with E-state index in [0.29, 0.717) is 9.75 Å². The summed E-state index contributed by atoms with van der Waals surface area (Å²) in [5.41, 5.74) is 0. The fourth-order valence-electron chi connectivity index (χ4n) is 1.33. The van der Waals surface area contributed by atoms with Crippen LogP contribution in [0.4, 0.5) is 0 Å². The number of hydrogen-bond acceptors (Lipinski definition) is 6. The zero-order chi connectivity index (χ0) is 12.8. The summed E-state index contributed by atoms with van der Waals surface area (Å²) < 4.78 is 4.68. The highest BCUT2D eigenvalue weighted by molar-refractivity contribution is 7.12. The minimum atomic E-state index is -1.20. The lowest BCUT2D eigenvalue weighted by Crippen LogP contribution is -2.22. The van der Waals surface area contributed by atoms with Crippen molar-refractivity contribution in [3.05, 3.63) is 21.9 Å². The first kappa shape index (κ1) is 14.1. The Morgan fingerprint density at radius 2 is 2.18 bits per heavy atom. The van der Waals surface area contributed by atoms with Crippen LogP contribution in [0.1, 0.15) is 29.2 Å². The van der Waals surface area contributed by atoms with Crippen molar-refractivity contribution in [2.45, 2.75) is 32.2 Å². The highest BCUT2D eigenvalue weighted by Crippen LogP contribution is 2.26. The third-order valence-electron chi connectivity index (χ3n) is 2.18. The average Bonchev–Trinajstić information content (AvgIpc) is 2.76. The molecule has 1 aromatic rings. The first-order valence-corrected chi connectivity index (χ1v) is 6.11. The summed E-state index contributed by atoms with van der Waals surface area (Å²) in [6.45, 7) is 1.81. The molecule has 0 aliphatic rings. The number of rotatable bonds is 6. The summed E-state index contributed by atoms with van der Waals surface area (Å²) in [6.07, 6.45) is -2.58. The number of esters is 1. The van der Waals surface area contributed by atoms with Crippen LogP contribution in [0.5, 0.6) is 0 Å². The molecule has 1 heterocycles. The van der Waals surface area contributed by atoms with E-state index in [9.17, 15) is 15.0 Å². The van der Waals surface area contributed by atoms with E-state index in [1.165, 1.54) is 11.3 Å². The van der Waals surface area contributed by atoms with Gasteiger partial charge in [-0.3, -0.25) is 4.79 Å². The first-order chi connectivity index (χ1) is 8.08. The van der Waals surface area contributed by atoms with Gasteiger partial charge in [0.2, 0.25) is 0 Å². The lowest BCUT2D eigenvalue weighted by atomic mass is 10.1. The maximum absolute atomic E-state index is 11.1. The van der Waals surface area contributed by atoms with Crippen molar-refractivity contribution < 1.29 is 24.9 Å². The predicted octanol–water partition coefficient (Wildman–Crippen LogP) is 0.588. The van der Waals surface area contributed by atoms with Gasteiger partial charge in [-0.1, -0.05) is 0 Å². The summed E-state index contributed by atoms with van der Waals surface area (Å²) in [7, 11) is 0. The van der Waals surface area contributed by atoms with E-state index in [4.69, 9.17) is 5.11 Å². The summed E-state index contributed by atoms with van der Waals surface area (Å²) in [6, 6.07) is 3.29. The molecule has 1 rings (SSSR count). The van der Waals surface area contributed by atoms with Crippen LogP contribution in [0.25, 0.3) is 0 Å². The van der Waals surface area contributed by atoms with E-state index in [1.54, 1.807) is 19.1 Å². The van der Waals surface area contributed by atoms with Gasteiger partial charge in [-0.25, -0.2) is 0 Å². The average molecular weight is 260 g/mol. The standard InChI is InChI=1S/C11H16O5S/c1-2-16-10(14)5-8(13)11(15)9-4-3-7(6-12)17-9/h3-4,8,11-13,15H,2,5-6H2,1H3. The minimum absolute atomic E-state index is 0.106. The van der Waals surface area contributed by atoms with Gasteiger partial charge in [-0.05, 0) is 19.1 Å². The van der Waals surface area contributed by atoms with Crippen LogP contribution in [0.3, 0.4) is 0 Å². The molecule has 17 heavy (non-hydrogen) atoms.